The molecule has 1 amide bonds. The Labute approximate surface area is 126 Å². The number of carbonyl (C=O) groups is 3. The summed E-state index contributed by atoms with van der Waals surface area (Å²) in [6, 6.07) is 0. The molecule has 0 rings (SSSR count). The summed E-state index contributed by atoms with van der Waals surface area (Å²) < 4.78 is 4.43. The molecule has 0 spiro atoms. The van der Waals surface area contributed by atoms with E-state index in [9.17, 15) is 14.4 Å². The zero-order chi connectivity index (χ0) is 17.6. The van der Waals surface area contributed by atoms with E-state index in [2.05, 4.69) is 24.5 Å². The first-order valence-corrected chi connectivity index (χ1v) is 6.07. The molecular weight excluding hydrogens is 274 g/mol. The summed E-state index contributed by atoms with van der Waals surface area (Å²) in [7, 11) is 0. The van der Waals surface area contributed by atoms with Gasteiger partial charge in [0.1, 0.15) is 0 Å². The van der Waals surface area contributed by atoms with E-state index >= 15 is 0 Å². The lowest BCUT2D eigenvalue weighted by molar-refractivity contribution is -0.137. The van der Waals surface area contributed by atoms with E-state index in [1.165, 1.54) is 0 Å². The van der Waals surface area contributed by atoms with Crippen LogP contribution in [0.2, 0.25) is 0 Å². The Hall–Kier alpha value is -2.37. The van der Waals surface area contributed by atoms with Crippen LogP contribution in [0.1, 0.15) is 27.7 Å². The highest BCUT2D eigenvalue weighted by molar-refractivity contribution is 5.92. The van der Waals surface area contributed by atoms with Crippen molar-refractivity contribution in [1.82, 2.24) is 0 Å². The number of carbonyl (C=O) groups excluding carboxylic acids is 2. The van der Waals surface area contributed by atoms with Gasteiger partial charge in [0.2, 0.25) is 5.91 Å². The molecule has 0 atom stereocenters. The van der Waals surface area contributed by atoms with Crippen LogP contribution in [0.5, 0.6) is 0 Å². The molecule has 0 aromatic carbocycles. The van der Waals surface area contributed by atoms with Crippen molar-refractivity contribution in [3.63, 3.8) is 0 Å². The minimum atomic E-state index is -0.981. The summed E-state index contributed by atoms with van der Waals surface area (Å²) in [5.74, 6) is -1.75. The van der Waals surface area contributed by atoms with Gasteiger partial charge in [0.25, 0.3) is 0 Å². The molecule has 0 saturated heterocycles. The predicted octanol–water partition coefficient (Wildman–Crippen LogP) is 2.07. The van der Waals surface area contributed by atoms with Crippen molar-refractivity contribution in [3.05, 3.63) is 37.5 Å². The third-order valence-corrected chi connectivity index (χ3v) is 1.83. The number of carboxylic acid groups (broad SMARTS) is 1. The molecule has 0 saturated carbocycles. The topological polar surface area (TPSA) is 107 Å². The maximum Gasteiger partial charge on any atom is 0.330 e. The molecule has 0 aromatic heterocycles. The average Bonchev–Trinajstić information content (AvgIpc) is 2.38. The molecular formula is C15H25NO5. The van der Waals surface area contributed by atoms with E-state index in [0.29, 0.717) is 12.2 Å². The molecule has 3 N–H and O–H groups in total. The summed E-state index contributed by atoms with van der Waals surface area (Å²) >= 11 is 0. The molecule has 0 aliphatic carbocycles. The minimum Gasteiger partial charge on any atom is -0.478 e. The van der Waals surface area contributed by atoms with Crippen molar-refractivity contribution in [1.29, 1.82) is 0 Å². The molecule has 120 valence electrons. The largest absolute Gasteiger partial charge is 0.478 e. The molecule has 0 unspecified atom stereocenters. The van der Waals surface area contributed by atoms with Crippen LogP contribution >= 0.6 is 0 Å². The predicted molar refractivity (Wildman–Crippen MR) is 82.5 cm³/mol. The molecule has 0 heterocycles. The second-order valence-electron chi connectivity index (χ2n) is 4.59. The van der Waals surface area contributed by atoms with E-state index in [0.717, 1.165) is 12.2 Å². The van der Waals surface area contributed by atoms with Crippen molar-refractivity contribution in [2.24, 2.45) is 11.1 Å². The van der Waals surface area contributed by atoms with E-state index in [-0.39, 0.29) is 11.4 Å². The van der Waals surface area contributed by atoms with Crippen molar-refractivity contribution in [2.75, 3.05) is 6.61 Å². The Bertz CT molecular complexity index is 391. The van der Waals surface area contributed by atoms with Crippen molar-refractivity contribution >= 4 is 17.8 Å². The van der Waals surface area contributed by atoms with Crippen LogP contribution in [0.3, 0.4) is 0 Å². The summed E-state index contributed by atoms with van der Waals surface area (Å²) in [5.41, 5.74) is 5.27. The van der Waals surface area contributed by atoms with E-state index < -0.39 is 11.9 Å². The standard InChI is InChI=1S/C7H13NO.C5H8O2.C3H4O2/c1-5(6(8)9)7(2,3)4;1-3-5(6)7-4-2;1-2-3(4)5/h1H2,2-4H3,(H2,8,9);3H,1,4H2,2H3;2H,1H2,(H,4,5). The normalized spacial score (nSPS) is 8.76. The van der Waals surface area contributed by atoms with Crippen LogP contribution in [-0.2, 0) is 19.1 Å². The first-order chi connectivity index (χ1) is 9.43. The Morgan fingerprint density at radius 3 is 1.62 bits per heavy atom. The van der Waals surface area contributed by atoms with Crippen LogP contribution in [0.15, 0.2) is 37.5 Å². The van der Waals surface area contributed by atoms with Crippen molar-refractivity contribution in [2.45, 2.75) is 27.7 Å². The number of hydrogen-bond donors (Lipinski definition) is 2. The van der Waals surface area contributed by atoms with Crippen LogP contribution in [0.25, 0.3) is 0 Å². The van der Waals surface area contributed by atoms with Gasteiger partial charge in [-0.1, -0.05) is 40.5 Å². The van der Waals surface area contributed by atoms with Gasteiger partial charge >= 0.3 is 11.9 Å². The highest BCUT2D eigenvalue weighted by atomic mass is 16.5. The van der Waals surface area contributed by atoms with Crippen LogP contribution in [0.4, 0.5) is 0 Å². The van der Waals surface area contributed by atoms with Gasteiger partial charge in [-0.15, -0.1) is 0 Å². The molecule has 0 aromatic rings. The first kappa shape index (κ1) is 23.7. The lowest BCUT2D eigenvalue weighted by Gasteiger charge is -2.17. The highest BCUT2D eigenvalue weighted by Gasteiger charge is 2.18. The lowest BCUT2D eigenvalue weighted by Crippen LogP contribution is -2.23. The second-order valence-corrected chi connectivity index (χ2v) is 4.59. The van der Waals surface area contributed by atoms with Crippen LogP contribution < -0.4 is 5.73 Å². The minimum absolute atomic E-state index is 0.189. The van der Waals surface area contributed by atoms with Gasteiger partial charge in [0.15, 0.2) is 0 Å². The van der Waals surface area contributed by atoms with Crippen LogP contribution in [-0.4, -0.2) is 29.6 Å². The maximum absolute atomic E-state index is 10.5. The second kappa shape index (κ2) is 12.7. The quantitative estimate of drug-likeness (QED) is 0.610. The van der Waals surface area contributed by atoms with E-state index in [4.69, 9.17) is 10.8 Å². The van der Waals surface area contributed by atoms with Crippen molar-refractivity contribution in [3.8, 4) is 0 Å². The molecule has 0 radical (unpaired) electrons. The maximum atomic E-state index is 10.5. The molecule has 6 nitrogen and oxygen atoms in total. The Kier molecular flexibility index (Phi) is 14.3. The average molecular weight is 299 g/mol. The molecule has 21 heavy (non-hydrogen) atoms. The van der Waals surface area contributed by atoms with Gasteiger partial charge in [0, 0.05) is 17.7 Å². The van der Waals surface area contributed by atoms with E-state index in [1.54, 1.807) is 6.92 Å². The van der Waals surface area contributed by atoms with Gasteiger partial charge in [-0.05, 0) is 12.3 Å². The number of esters is 1. The fourth-order valence-corrected chi connectivity index (χ4v) is 0.571. The van der Waals surface area contributed by atoms with Gasteiger partial charge in [-0.25, -0.2) is 9.59 Å². The molecule has 0 aliphatic heterocycles. The molecule has 0 bridgehead atoms. The fraction of sp³-hybridized carbons (Fsp3) is 0.400. The number of carboxylic acids is 1. The monoisotopic (exact) mass is 299 g/mol. The number of amides is 1. The van der Waals surface area contributed by atoms with Gasteiger partial charge in [-0.2, -0.15) is 0 Å². The Balaban J connectivity index is -0.000000242. The smallest absolute Gasteiger partial charge is 0.330 e. The molecule has 6 heteroatoms. The molecule has 0 fully saturated rings. The van der Waals surface area contributed by atoms with Gasteiger partial charge in [-0.3, -0.25) is 4.79 Å². The lowest BCUT2D eigenvalue weighted by atomic mass is 9.87. The van der Waals surface area contributed by atoms with E-state index in [1.807, 2.05) is 20.8 Å². The Morgan fingerprint density at radius 1 is 1.19 bits per heavy atom. The number of ether oxygens (including phenoxy) is 1. The zero-order valence-corrected chi connectivity index (χ0v) is 13.1. The summed E-state index contributed by atoms with van der Waals surface area (Å²) in [6.07, 6.45) is 1.98. The zero-order valence-electron chi connectivity index (χ0n) is 13.1. The SMILES string of the molecule is C=C(C(N)=O)C(C)(C)C.C=CC(=O)O.C=CC(=O)OCC. The van der Waals surface area contributed by atoms with Gasteiger partial charge in [0.05, 0.1) is 6.61 Å². The summed E-state index contributed by atoms with van der Waals surface area (Å²) in [4.78, 5) is 29.8. The van der Waals surface area contributed by atoms with Crippen LogP contribution in [0, 0.1) is 5.41 Å². The number of rotatable bonds is 4. The first-order valence-electron chi connectivity index (χ1n) is 6.07. The van der Waals surface area contributed by atoms with Crippen molar-refractivity contribution < 1.29 is 24.2 Å². The number of primary amides is 1. The fourth-order valence-electron chi connectivity index (χ4n) is 0.571. The number of nitrogens with two attached hydrogens (primary N) is 1. The van der Waals surface area contributed by atoms with Gasteiger partial charge < -0.3 is 15.6 Å². The number of aliphatic carboxylic acids is 1. The molecule has 0 aliphatic rings. The third kappa shape index (κ3) is 20.1. The highest BCUT2D eigenvalue weighted by Crippen LogP contribution is 2.22. The number of hydrogen-bond acceptors (Lipinski definition) is 4. The summed E-state index contributed by atoms with van der Waals surface area (Å²) in [5, 5.41) is 7.60. The Morgan fingerprint density at radius 2 is 1.57 bits per heavy atom. The summed E-state index contributed by atoms with van der Waals surface area (Å²) in [6.45, 7) is 17.6. The third-order valence-electron chi connectivity index (χ3n) is 1.83.